The number of hydrogen-bond donors (Lipinski definition) is 0. The van der Waals surface area contributed by atoms with Crippen molar-refractivity contribution in [3.05, 3.63) is 90.5 Å². The van der Waals surface area contributed by atoms with Gasteiger partial charge in [0.2, 0.25) is 0 Å². The molecule has 0 aromatic heterocycles. The van der Waals surface area contributed by atoms with Crippen molar-refractivity contribution in [2.45, 2.75) is 0 Å². The lowest BCUT2D eigenvalue weighted by Crippen LogP contribution is -2.01. The molecule has 0 amide bonds. The van der Waals surface area contributed by atoms with E-state index in [0.717, 1.165) is 21.6 Å². The Bertz CT molecular complexity index is 1010. The van der Waals surface area contributed by atoms with E-state index in [-0.39, 0.29) is 14.1 Å². The molecule has 2 heteroatoms. The molecule has 0 aliphatic heterocycles. The fraction of sp³-hybridized carbons (Fsp3) is 0. The van der Waals surface area contributed by atoms with Gasteiger partial charge in [-0.2, -0.15) is 0 Å². The lowest BCUT2D eigenvalue weighted by atomic mass is 10.1. The minimum Gasteiger partial charge on any atom is -0.289 e. The maximum absolute atomic E-state index is 12.8. The first-order valence-corrected chi connectivity index (χ1v) is 8.59. The molecule has 1 unspecified atom stereocenters. The van der Waals surface area contributed by atoms with E-state index >= 15 is 0 Å². The Morgan fingerprint density at radius 1 is 0.652 bits per heavy atom. The zero-order valence-corrected chi connectivity index (χ0v) is 13.5. The van der Waals surface area contributed by atoms with Crippen LogP contribution in [0.2, 0.25) is 0 Å². The standard InChI is InChI=1S/C21H15OP/c22-21(20-11-5-9-16-7-3-4-10-19(16)20)23-18-13-12-15-6-1-2-8-17(15)14-18/h1-14,23H. The van der Waals surface area contributed by atoms with Crippen LogP contribution in [0.15, 0.2) is 84.9 Å². The predicted octanol–water partition coefficient (Wildman–Crippen LogP) is 5.14. The van der Waals surface area contributed by atoms with Crippen molar-refractivity contribution in [3.63, 3.8) is 0 Å². The summed E-state index contributed by atoms with van der Waals surface area (Å²) in [5.74, 6) is 0. The minimum absolute atomic E-state index is 0.143. The molecule has 110 valence electrons. The second-order valence-electron chi connectivity index (χ2n) is 5.54. The van der Waals surface area contributed by atoms with Gasteiger partial charge in [0.25, 0.3) is 0 Å². The molecule has 1 atom stereocenters. The van der Waals surface area contributed by atoms with Gasteiger partial charge in [0, 0.05) is 5.56 Å². The van der Waals surface area contributed by atoms with Crippen molar-refractivity contribution in [1.82, 2.24) is 0 Å². The Morgan fingerprint density at radius 2 is 1.35 bits per heavy atom. The van der Waals surface area contributed by atoms with Crippen molar-refractivity contribution in [2.24, 2.45) is 0 Å². The smallest absolute Gasteiger partial charge is 0.186 e. The molecule has 4 rings (SSSR count). The Balaban J connectivity index is 1.70. The molecule has 4 aromatic carbocycles. The van der Waals surface area contributed by atoms with E-state index in [9.17, 15) is 4.79 Å². The second-order valence-corrected chi connectivity index (χ2v) is 6.82. The molecule has 0 heterocycles. The highest BCUT2D eigenvalue weighted by atomic mass is 31.1. The molecule has 0 bridgehead atoms. The van der Waals surface area contributed by atoms with Gasteiger partial charge in [-0.05, 0) is 41.5 Å². The molecule has 0 saturated carbocycles. The first kappa shape index (κ1) is 14.1. The van der Waals surface area contributed by atoms with Crippen LogP contribution in [0.25, 0.3) is 21.5 Å². The van der Waals surface area contributed by atoms with Crippen LogP contribution in [0.5, 0.6) is 0 Å². The van der Waals surface area contributed by atoms with Crippen LogP contribution in [0.4, 0.5) is 0 Å². The predicted molar refractivity (Wildman–Crippen MR) is 100 cm³/mol. The number of carbonyl (C=O) groups excluding carboxylic acids is 1. The molecule has 0 spiro atoms. The number of hydrogen-bond acceptors (Lipinski definition) is 1. The van der Waals surface area contributed by atoms with Crippen LogP contribution in [0, 0.1) is 0 Å². The molecule has 0 saturated heterocycles. The maximum atomic E-state index is 12.8. The summed E-state index contributed by atoms with van der Waals surface area (Å²) in [6.45, 7) is 0. The molecule has 1 nitrogen and oxygen atoms in total. The number of rotatable bonds is 3. The lowest BCUT2D eigenvalue weighted by molar-refractivity contribution is 0.108. The molecule has 0 fully saturated rings. The molecule has 23 heavy (non-hydrogen) atoms. The Hall–Kier alpha value is -2.50. The zero-order chi connectivity index (χ0) is 15.6. The number of carbonyl (C=O) groups is 1. The molecule has 0 N–H and O–H groups in total. The summed E-state index contributed by atoms with van der Waals surface area (Å²) in [5, 5.41) is 5.62. The first-order valence-electron chi connectivity index (χ1n) is 7.59. The molecule has 0 aliphatic rings. The summed E-state index contributed by atoms with van der Waals surface area (Å²) in [6, 6.07) is 28.5. The third kappa shape index (κ3) is 2.76. The highest BCUT2D eigenvalue weighted by Crippen LogP contribution is 2.26. The van der Waals surface area contributed by atoms with Crippen molar-refractivity contribution < 1.29 is 4.79 Å². The van der Waals surface area contributed by atoms with E-state index in [4.69, 9.17) is 0 Å². The molecule has 0 aliphatic carbocycles. The zero-order valence-electron chi connectivity index (χ0n) is 12.5. The minimum atomic E-state index is 0.143. The second kappa shape index (κ2) is 5.95. The molecular weight excluding hydrogens is 299 g/mol. The van der Waals surface area contributed by atoms with Gasteiger partial charge in [-0.25, -0.2) is 0 Å². The van der Waals surface area contributed by atoms with Gasteiger partial charge < -0.3 is 0 Å². The SMILES string of the molecule is O=C(Pc1ccc2ccccc2c1)c1cccc2ccccc12. The van der Waals surface area contributed by atoms with E-state index in [0.29, 0.717) is 0 Å². The summed E-state index contributed by atoms with van der Waals surface area (Å²) in [4.78, 5) is 12.8. The van der Waals surface area contributed by atoms with Crippen molar-refractivity contribution in [1.29, 1.82) is 0 Å². The first-order chi connectivity index (χ1) is 11.3. The van der Waals surface area contributed by atoms with Crippen molar-refractivity contribution >= 4 is 41.0 Å². The number of benzene rings is 4. The summed E-state index contributed by atoms with van der Waals surface area (Å²) >= 11 is 0. The average Bonchev–Trinajstić information content (AvgIpc) is 2.61. The molecule has 0 radical (unpaired) electrons. The van der Waals surface area contributed by atoms with Gasteiger partial charge in [0.15, 0.2) is 5.52 Å². The Morgan fingerprint density at radius 3 is 2.22 bits per heavy atom. The topological polar surface area (TPSA) is 17.1 Å². The van der Waals surface area contributed by atoms with Crippen molar-refractivity contribution in [3.8, 4) is 0 Å². The van der Waals surface area contributed by atoms with Crippen LogP contribution in [-0.2, 0) is 0 Å². The van der Waals surface area contributed by atoms with Crippen LogP contribution in [-0.4, -0.2) is 5.52 Å². The van der Waals surface area contributed by atoms with Crippen LogP contribution in [0.1, 0.15) is 10.4 Å². The van der Waals surface area contributed by atoms with Crippen LogP contribution in [0.3, 0.4) is 0 Å². The van der Waals surface area contributed by atoms with Gasteiger partial charge in [-0.15, -0.1) is 0 Å². The fourth-order valence-electron chi connectivity index (χ4n) is 2.89. The van der Waals surface area contributed by atoms with E-state index in [2.05, 4.69) is 30.3 Å². The van der Waals surface area contributed by atoms with E-state index in [1.807, 2.05) is 54.6 Å². The van der Waals surface area contributed by atoms with Crippen molar-refractivity contribution in [2.75, 3.05) is 0 Å². The summed E-state index contributed by atoms with van der Waals surface area (Å²) in [7, 11) is 0.143. The van der Waals surface area contributed by atoms with Crippen LogP contribution < -0.4 is 5.30 Å². The van der Waals surface area contributed by atoms with Gasteiger partial charge >= 0.3 is 0 Å². The monoisotopic (exact) mass is 314 g/mol. The Kier molecular flexibility index (Phi) is 3.65. The maximum Gasteiger partial charge on any atom is 0.186 e. The molecule has 4 aromatic rings. The van der Waals surface area contributed by atoms with Gasteiger partial charge in [-0.1, -0.05) is 78.9 Å². The van der Waals surface area contributed by atoms with Gasteiger partial charge in [0.05, 0.1) is 0 Å². The largest absolute Gasteiger partial charge is 0.289 e. The van der Waals surface area contributed by atoms with E-state index < -0.39 is 0 Å². The average molecular weight is 314 g/mol. The highest BCUT2D eigenvalue weighted by Gasteiger charge is 2.10. The van der Waals surface area contributed by atoms with E-state index in [1.165, 1.54) is 10.8 Å². The normalized spacial score (nSPS) is 11.5. The third-order valence-corrected chi connectivity index (χ3v) is 5.14. The lowest BCUT2D eigenvalue weighted by Gasteiger charge is -2.07. The Labute approximate surface area is 136 Å². The summed E-state index contributed by atoms with van der Waals surface area (Å²) < 4.78 is 0. The summed E-state index contributed by atoms with van der Waals surface area (Å²) in [6.07, 6.45) is 0. The fourth-order valence-corrected chi connectivity index (χ4v) is 3.90. The third-order valence-electron chi connectivity index (χ3n) is 4.04. The highest BCUT2D eigenvalue weighted by molar-refractivity contribution is 7.66. The molecular formula is C21H15OP. The van der Waals surface area contributed by atoms with E-state index in [1.54, 1.807) is 0 Å². The quantitative estimate of drug-likeness (QED) is 0.479. The number of fused-ring (bicyclic) bond motifs is 2. The van der Waals surface area contributed by atoms with Gasteiger partial charge in [0.1, 0.15) is 0 Å². The summed E-state index contributed by atoms with van der Waals surface area (Å²) in [5.41, 5.74) is 1.01. The van der Waals surface area contributed by atoms with Gasteiger partial charge in [-0.3, -0.25) is 4.79 Å². The van der Waals surface area contributed by atoms with Crippen LogP contribution >= 0.6 is 8.58 Å².